The van der Waals surface area contributed by atoms with Crippen LogP contribution in [0.25, 0.3) is 0 Å². The average molecular weight is 360 g/mol. The smallest absolute Gasteiger partial charge is 0.269 e. The van der Waals surface area contributed by atoms with Gasteiger partial charge in [0.15, 0.2) is 0 Å². The summed E-state index contributed by atoms with van der Waals surface area (Å²) in [6, 6.07) is 23.7. The first-order valence-corrected chi connectivity index (χ1v) is 8.60. The fraction of sp³-hybridized carbons (Fsp3) is 0.136. The lowest BCUT2D eigenvalue weighted by atomic mass is 9.84. The van der Waals surface area contributed by atoms with E-state index in [2.05, 4.69) is 5.32 Å². The summed E-state index contributed by atoms with van der Waals surface area (Å²) >= 11 is 0. The number of nitrogens with one attached hydrogen (secondary N) is 1. The molecule has 0 aliphatic carbocycles. The van der Waals surface area contributed by atoms with Crippen LogP contribution in [0.5, 0.6) is 0 Å². The number of nitro benzene ring substituents is 1. The van der Waals surface area contributed by atoms with Gasteiger partial charge < -0.3 is 5.32 Å². The Kier molecular flexibility index (Phi) is 5.03. The number of rotatable bonds is 5. The number of non-ortho nitro benzene ring substituents is 1. The van der Waals surface area contributed by atoms with Crippen molar-refractivity contribution < 1.29 is 9.72 Å². The third-order valence-corrected chi connectivity index (χ3v) is 4.73. The Morgan fingerprint density at radius 2 is 1.44 bits per heavy atom. The van der Waals surface area contributed by atoms with Gasteiger partial charge in [0.05, 0.1) is 10.5 Å². The average Bonchev–Trinajstić information content (AvgIpc) is 2.69. The molecule has 3 rings (SSSR count). The van der Waals surface area contributed by atoms with Crippen molar-refractivity contribution in [1.82, 2.24) is 5.32 Å². The Labute approximate surface area is 157 Å². The van der Waals surface area contributed by atoms with E-state index in [1.165, 1.54) is 18.2 Å². The van der Waals surface area contributed by atoms with Gasteiger partial charge in [0.1, 0.15) is 0 Å². The first-order valence-electron chi connectivity index (χ1n) is 8.60. The third-order valence-electron chi connectivity index (χ3n) is 4.73. The first-order chi connectivity index (χ1) is 12.9. The van der Waals surface area contributed by atoms with Crippen molar-refractivity contribution in [2.75, 3.05) is 0 Å². The Hall–Kier alpha value is -3.47. The van der Waals surface area contributed by atoms with Gasteiger partial charge in [0.2, 0.25) is 0 Å². The molecule has 0 aromatic heterocycles. The molecule has 136 valence electrons. The van der Waals surface area contributed by atoms with E-state index in [9.17, 15) is 14.9 Å². The van der Waals surface area contributed by atoms with Crippen LogP contribution in [0.1, 0.15) is 34.0 Å². The van der Waals surface area contributed by atoms with Gasteiger partial charge in [-0.15, -0.1) is 0 Å². The zero-order chi connectivity index (χ0) is 19.4. The van der Waals surface area contributed by atoms with Crippen molar-refractivity contribution in [2.24, 2.45) is 0 Å². The number of nitrogens with zero attached hydrogens (tertiary/aromatic N) is 1. The maximum Gasteiger partial charge on any atom is 0.269 e. The Morgan fingerprint density at radius 1 is 0.926 bits per heavy atom. The lowest BCUT2D eigenvalue weighted by Gasteiger charge is -2.32. The fourth-order valence-electron chi connectivity index (χ4n) is 3.16. The van der Waals surface area contributed by atoms with E-state index < -0.39 is 10.5 Å². The van der Waals surface area contributed by atoms with Gasteiger partial charge >= 0.3 is 0 Å². The van der Waals surface area contributed by atoms with Crippen LogP contribution in [0.4, 0.5) is 5.69 Å². The number of amides is 1. The Morgan fingerprint density at radius 3 is 1.89 bits per heavy atom. The molecule has 27 heavy (non-hydrogen) atoms. The molecule has 0 heterocycles. The quantitative estimate of drug-likeness (QED) is 0.534. The predicted molar refractivity (Wildman–Crippen MR) is 105 cm³/mol. The van der Waals surface area contributed by atoms with E-state index in [1.807, 2.05) is 67.6 Å². The molecule has 0 unspecified atom stereocenters. The summed E-state index contributed by atoms with van der Waals surface area (Å²) in [6.45, 7) is 3.65. The zero-order valence-electron chi connectivity index (χ0n) is 15.2. The number of carbonyl (C=O) groups excluding carboxylic acids is 1. The molecule has 5 nitrogen and oxygen atoms in total. The van der Waals surface area contributed by atoms with Gasteiger partial charge in [-0.25, -0.2) is 0 Å². The van der Waals surface area contributed by atoms with E-state index in [-0.39, 0.29) is 11.6 Å². The second kappa shape index (κ2) is 7.41. The standard InChI is InChI=1S/C22H20N2O3/c1-16-15-19(24(26)27)13-14-20(16)21(25)23-22(2,17-9-5-3-6-10-17)18-11-7-4-8-12-18/h3-15H,1-2H3,(H,23,25). The number of hydrogen-bond donors (Lipinski definition) is 1. The summed E-state index contributed by atoms with van der Waals surface area (Å²) in [6.07, 6.45) is 0. The van der Waals surface area contributed by atoms with Gasteiger partial charge in [-0.1, -0.05) is 60.7 Å². The molecule has 1 N–H and O–H groups in total. The van der Waals surface area contributed by atoms with Crippen molar-refractivity contribution in [3.63, 3.8) is 0 Å². The van der Waals surface area contributed by atoms with Gasteiger partial charge in [0.25, 0.3) is 11.6 Å². The normalized spacial score (nSPS) is 11.0. The molecule has 3 aromatic rings. The summed E-state index contributed by atoms with van der Waals surface area (Å²) in [5.74, 6) is -0.280. The molecular weight excluding hydrogens is 340 g/mol. The summed E-state index contributed by atoms with van der Waals surface area (Å²) < 4.78 is 0. The van der Waals surface area contributed by atoms with Crippen LogP contribution in [-0.4, -0.2) is 10.8 Å². The van der Waals surface area contributed by atoms with E-state index >= 15 is 0 Å². The second-order valence-corrected chi connectivity index (χ2v) is 6.57. The Balaban J connectivity index is 2.01. The van der Waals surface area contributed by atoms with Gasteiger partial charge in [-0.05, 0) is 36.6 Å². The van der Waals surface area contributed by atoms with Crippen molar-refractivity contribution in [1.29, 1.82) is 0 Å². The van der Waals surface area contributed by atoms with Crippen molar-refractivity contribution in [3.8, 4) is 0 Å². The zero-order valence-corrected chi connectivity index (χ0v) is 15.2. The van der Waals surface area contributed by atoms with Gasteiger partial charge in [0, 0.05) is 17.7 Å². The molecule has 0 radical (unpaired) electrons. The highest BCUT2D eigenvalue weighted by Crippen LogP contribution is 2.30. The molecule has 0 aliphatic heterocycles. The molecular formula is C22H20N2O3. The SMILES string of the molecule is Cc1cc([N+](=O)[O-])ccc1C(=O)NC(C)(c1ccccc1)c1ccccc1. The molecule has 0 atom stereocenters. The molecule has 0 saturated carbocycles. The summed E-state index contributed by atoms with van der Waals surface area (Å²) in [5.41, 5.74) is 2.10. The van der Waals surface area contributed by atoms with Gasteiger partial charge in [-0.3, -0.25) is 14.9 Å². The monoisotopic (exact) mass is 360 g/mol. The highest BCUT2D eigenvalue weighted by atomic mass is 16.6. The maximum absolute atomic E-state index is 13.0. The van der Waals surface area contributed by atoms with E-state index in [4.69, 9.17) is 0 Å². The van der Waals surface area contributed by atoms with Crippen LogP contribution in [0, 0.1) is 17.0 Å². The summed E-state index contributed by atoms with van der Waals surface area (Å²) in [5, 5.41) is 14.1. The van der Waals surface area contributed by atoms with E-state index in [1.54, 1.807) is 6.92 Å². The lowest BCUT2D eigenvalue weighted by molar-refractivity contribution is -0.384. The molecule has 0 bridgehead atoms. The predicted octanol–water partition coefficient (Wildman–Crippen LogP) is 4.60. The number of carbonyl (C=O) groups is 1. The molecule has 0 fully saturated rings. The summed E-state index contributed by atoms with van der Waals surface area (Å²) in [7, 11) is 0. The van der Waals surface area contributed by atoms with Crippen LogP contribution >= 0.6 is 0 Å². The third kappa shape index (κ3) is 3.72. The van der Waals surface area contributed by atoms with Crippen LogP contribution in [0.15, 0.2) is 78.9 Å². The Bertz CT molecular complexity index is 930. The van der Waals surface area contributed by atoms with Crippen LogP contribution < -0.4 is 5.32 Å². The van der Waals surface area contributed by atoms with Crippen molar-refractivity contribution in [3.05, 3.63) is 111 Å². The maximum atomic E-state index is 13.0. The largest absolute Gasteiger partial charge is 0.339 e. The molecule has 0 saturated heterocycles. The van der Waals surface area contributed by atoms with E-state index in [0.29, 0.717) is 11.1 Å². The van der Waals surface area contributed by atoms with Crippen LogP contribution in [-0.2, 0) is 5.54 Å². The molecule has 3 aromatic carbocycles. The van der Waals surface area contributed by atoms with Gasteiger partial charge in [-0.2, -0.15) is 0 Å². The number of aryl methyl sites for hydroxylation is 1. The second-order valence-electron chi connectivity index (χ2n) is 6.57. The lowest BCUT2D eigenvalue weighted by Crippen LogP contribution is -2.44. The van der Waals surface area contributed by atoms with Crippen LogP contribution in [0.2, 0.25) is 0 Å². The minimum atomic E-state index is -0.742. The molecule has 0 spiro atoms. The molecule has 1 amide bonds. The molecule has 5 heteroatoms. The minimum Gasteiger partial charge on any atom is -0.339 e. The highest BCUT2D eigenvalue weighted by Gasteiger charge is 2.31. The number of benzene rings is 3. The number of nitro groups is 1. The fourth-order valence-corrected chi connectivity index (χ4v) is 3.16. The first kappa shape index (κ1) is 18.3. The molecule has 0 aliphatic rings. The number of hydrogen-bond acceptors (Lipinski definition) is 3. The van der Waals surface area contributed by atoms with Crippen molar-refractivity contribution in [2.45, 2.75) is 19.4 Å². The van der Waals surface area contributed by atoms with E-state index in [0.717, 1.165) is 11.1 Å². The van der Waals surface area contributed by atoms with Crippen LogP contribution in [0.3, 0.4) is 0 Å². The highest BCUT2D eigenvalue weighted by molar-refractivity contribution is 5.96. The topological polar surface area (TPSA) is 72.2 Å². The summed E-state index contributed by atoms with van der Waals surface area (Å²) in [4.78, 5) is 23.5. The minimum absolute atomic E-state index is 0.0297. The van der Waals surface area contributed by atoms with Crippen molar-refractivity contribution >= 4 is 11.6 Å².